The Morgan fingerprint density at radius 2 is 1.61 bits per heavy atom. The molecule has 0 aliphatic heterocycles. The lowest BCUT2D eigenvalue weighted by Crippen LogP contribution is -2.22. The topological polar surface area (TPSA) is 63.7 Å². The van der Waals surface area contributed by atoms with Gasteiger partial charge in [0.2, 0.25) is 10.0 Å². The number of carbonyl (C=O) groups is 1. The van der Waals surface area contributed by atoms with Crippen molar-refractivity contribution < 1.29 is 17.9 Å². The van der Waals surface area contributed by atoms with Crippen LogP contribution in [-0.4, -0.2) is 32.8 Å². The van der Waals surface area contributed by atoms with Gasteiger partial charge in [-0.3, -0.25) is 0 Å². The number of benzene rings is 2. The Labute approximate surface area is 144 Å². The molecule has 0 saturated carbocycles. The monoisotopic (exact) mass is 397 g/mol. The molecule has 0 radical (unpaired) electrons. The van der Waals surface area contributed by atoms with Gasteiger partial charge in [-0.05, 0) is 42.0 Å². The van der Waals surface area contributed by atoms with Gasteiger partial charge < -0.3 is 4.74 Å². The van der Waals surface area contributed by atoms with Gasteiger partial charge in [0.05, 0.1) is 10.5 Å². The molecule has 0 heterocycles. The van der Waals surface area contributed by atoms with Crippen molar-refractivity contribution in [1.82, 2.24) is 4.31 Å². The van der Waals surface area contributed by atoms with Crippen LogP contribution in [0.1, 0.15) is 15.9 Å². The normalized spacial score (nSPS) is 11.5. The molecule has 0 bridgehead atoms. The van der Waals surface area contributed by atoms with E-state index in [1.54, 1.807) is 0 Å². The number of rotatable bonds is 5. The number of sulfonamides is 1. The smallest absolute Gasteiger partial charge is 0.338 e. The highest BCUT2D eigenvalue weighted by Gasteiger charge is 2.17. The minimum absolute atomic E-state index is 0.131. The SMILES string of the molecule is CN(C)S(=O)(=O)c1ccc(C(=O)OCc2ccc(Br)cc2)cc1. The van der Waals surface area contributed by atoms with Gasteiger partial charge in [0, 0.05) is 18.6 Å². The highest BCUT2D eigenvalue weighted by Crippen LogP contribution is 2.15. The predicted octanol–water partition coefficient (Wildman–Crippen LogP) is 3.06. The number of halogens is 1. The van der Waals surface area contributed by atoms with Crippen molar-refractivity contribution in [2.75, 3.05) is 14.1 Å². The van der Waals surface area contributed by atoms with Crippen LogP contribution < -0.4 is 0 Å². The van der Waals surface area contributed by atoms with Crippen LogP contribution in [0.25, 0.3) is 0 Å². The zero-order chi connectivity index (χ0) is 17.0. The summed E-state index contributed by atoms with van der Waals surface area (Å²) >= 11 is 3.33. The number of esters is 1. The van der Waals surface area contributed by atoms with Gasteiger partial charge in [-0.2, -0.15) is 0 Å². The molecule has 0 fully saturated rings. The second kappa shape index (κ2) is 7.25. The van der Waals surface area contributed by atoms with Crippen LogP contribution in [0.3, 0.4) is 0 Å². The average Bonchev–Trinajstić information content (AvgIpc) is 2.54. The lowest BCUT2D eigenvalue weighted by Gasteiger charge is -2.11. The summed E-state index contributed by atoms with van der Waals surface area (Å²) < 4.78 is 31.2. The summed E-state index contributed by atoms with van der Waals surface area (Å²) in [6.45, 7) is 0.157. The van der Waals surface area contributed by atoms with Crippen molar-refractivity contribution in [1.29, 1.82) is 0 Å². The highest BCUT2D eigenvalue weighted by molar-refractivity contribution is 9.10. The van der Waals surface area contributed by atoms with Gasteiger partial charge in [-0.1, -0.05) is 28.1 Å². The van der Waals surface area contributed by atoms with Gasteiger partial charge in [0.15, 0.2) is 0 Å². The Morgan fingerprint density at radius 3 is 2.13 bits per heavy atom. The largest absolute Gasteiger partial charge is 0.457 e. The van der Waals surface area contributed by atoms with Gasteiger partial charge in [-0.15, -0.1) is 0 Å². The molecule has 0 spiro atoms. The molecule has 122 valence electrons. The van der Waals surface area contributed by atoms with E-state index in [4.69, 9.17) is 4.74 Å². The molecule has 5 nitrogen and oxygen atoms in total. The Bertz CT molecular complexity index is 784. The minimum atomic E-state index is -3.50. The number of hydrogen-bond donors (Lipinski definition) is 0. The Balaban J connectivity index is 2.04. The summed E-state index contributed by atoms with van der Waals surface area (Å²) in [5.74, 6) is -0.498. The summed E-state index contributed by atoms with van der Waals surface area (Å²) in [6.07, 6.45) is 0. The van der Waals surface area contributed by atoms with E-state index in [0.29, 0.717) is 5.56 Å². The van der Waals surface area contributed by atoms with E-state index in [0.717, 1.165) is 14.3 Å². The van der Waals surface area contributed by atoms with Crippen molar-refractivity contribution in [3.63, 3.8) is 0 Å². The molecule has 0 aliphatic carbocycles. The second-order valence-electron chi connectivity index (χ2n) is 5.01. The molecule has 0 N–H and O–H groups in total. The molecule has 0 atom stereocenters. The molecule has 2 aromatic carbocycles. The molecule has 0 amide bonds. The van der Waals surface area contributed by atoms with Crippen LogP contribution in [0.4, 0.5) is 0 Å². The van der Waals surface area contributed by atoms with E-state index in [-0.39, 0.29) is 11.5 Å². The maximum absolute atomic E-state index is 12.0. The van der Waals surface area contributed by atoms with E-state index < -0.39 is 16.0 Å². The first-order valence-corrected chi connectivity index (χ1v) is 8.98. The van der Waals surface area contributed by atoms with Gasteiger partial charge >= 0.3 is 5.97 Å². The quantitative estimate of drug-likeness (QED) is 0.727. The van der Waals surface area contributed by atoms with Crippen molar-refractivity contribution in [2.45, 2.75) is 11.5 Å². The molecule has 2 rings (SSSR count). The van der Waals surface area contributed by atoms with Crippen molar-refractivity contribution in [2.24, 2.45) is 0 Å². The third-order valence-electron chi connectivity index (χ3n) is 3.15. The molecule has 0 unspecified atom stereocenters. The van der Waals surface area contributed by atoms with Crippen LogP contribution in [-0.2, 0) is 21.4 Å². The van der Waals surface area contributed by atoms with Crippen molar-refractivity contribution in [3.8, 4) is 0 Å². The maximum atomic E-state index is 12.0. The summed E-state index contributed by atoms with van der Waals surface area (Å²) in [4.78, 5) is 12.1. The summed E-state index contributed by atoms with van der Waals surface area (Å²) in [6, 6.07) is 13.1. The van der Waals surface area contributed by atoms with Gasteiger partial charge in [0.25, 0.3) is 0 Å². The molecule has 0 aliphatic rings. The standard InChI is InChI=1S/C16H16BrNO4S/c1-18(2)23(20,21)15-9-5-13(6-10-15)16(19)22-11-12-3-7-14(17)8-4-12/h3-10H,11H2,1-2H3. The van der Waals surface area contributed by atoms with E-state index in [1.807, 2.05) is 24.3 Å². The first-order chi connectivity index (χ1) is 10.8. The molecular weight excluding hydrogens is 382 g/mol. The van der Waals surface area contributed by atoms with Crippen molar-refractivity contribution >= 4 is 31.9 Å². The molecule has 23 heavy (non-hydrogen) atoms. The third-order valence-corrected chi connectivity index (χ3v) is 5.51. The van der Waals surface area contributed by atoms with E-state index in [2.05, 4.69) is 15.9 Å². The molecule has 0 aromatic heterocycles. The zero-order valence-corrected chi connectivity index (χ0v) is 15.1. The Hall–Kier alpha value is -1.70. The fourth-order valence-electron chi connectivity index (χ4n) is 1.79. The average molecular weight is 398 g/mol. The fraction of sp³-hybridized carbons (Fsp3) is 0.188. The summed E-state index contributed by atoms with van der Waals surface area (Å²) in [5, 5.41) is 0. The van der Waals surface area contributed by atoms with Gasteiger partial charge in [0.1, 0.15) is 6.61 Å². The second-order valence-corrected chi connectivity index (χ2v) is 8.08. The van der Waals surface area contributed by atoms with Crippen molar-refractivity contribution in [3.05, 3.63) is 64.1 Å². The third kappa shape index (κ3) is 4.40. The lowest BCUT2D eigenvalue weighted by atomic mass is 10.2. The van der Waals surface area contributed by atoms with Crippen LogP contribution in [0.5, 0.6) is 0 Å². The van der Waals surface area contributed by atoms with Crippen LogP contribution in [0.2, 0.25) is 0 Å². The van der Waals surface area contributed by atoms with E-state index >= 15 is 0 Å². The fourth-order valence-corrected chi connectivity index (χ4v) is 2.95. The van der Waals surface area contributed by atoms with Gasteiger partial charge in [-0.25, -0.2) is 17.5 Å². The lowest BCUT2D eigenvalue weighted by molar-refractivity contribution is 0.0472. The van der Waals surface area contributed by atoms with E-state index in [9.17, 15) is 13.2 Å². The van der Waals surface area contributed by atoms with Crippen LogP contribution >= 0.6 is 15.9 Å². The van der Waals surface area contributed by atoms with Crippen LogP contribution in [0.15, 0.2) is 57.9 Å². The number of carbonyl (C=O) groups excluding carboxylic acids is 1. The van der Waals surface area contributed by atoms with E-state index in [1.165, 1.54) is 38.4 Å². The number of ether oxygens (including phenoxy) is 1. The Kier molecular flexibility index (Phi) is 5.56. The minimum Gasteiger partial charge on any atom is -0.457 e. The number of nitrogens with zero attached hydrogens (tertiary/aromatic N) is 1. The zero-order valence-electron chi connectivity index (χ0n) is 12.7. The first kappa shape index (κ1) is 17.7. The van der Waals surface area contributed by atoms with Crippen LogP contribution in [0, 0.1) is 0 Å². The molecular formula is C16H16BrNO4S. The predicted molar refractivity (Wildman–Crippen MR) is 90.6 cm³/mol. The molecule has 2 aromatic rings. The highest BCUT2D eigenvalue weighted by atomic mass is 79.9. The molecule has 0 saturated heterocycles. The molecule has 7 heteroatoms. The first-order valence-electron chi connectivity index (χ1n) is 6.75. The number of hydrogen-bond acceptors (Lipinski definition) is 4. The Morgan fingerprint density at radius 1 is 1.04 bits per heavy atom. The maximum Gasteiger partial charge on any atom is 0.338 e. The summed E-state index contributed by atoms with van der Waals surface area (Å²) in [5.41, 5.74) is 1.17. The summed E-state index contributed by atoms with van der Waals surface area (Å²) in [7, 11) is -0.594.